The molecule has 1 N–H and O–H groups in total. The largest absolute Gasteiger partial charge is 0.323 e. The smallest absolute Gasteiger partial charge is 0.227 e. The summed E-state index contributed by atoms with van der Waals surface area (Å²) in [4.78, 5) is 12.5. The minimum atomic E-state index is -2.20. The summed E-state index contributed by atoms with van der Waals surface area (Å²) in [5.41, 5.74) is 0.169. The van der Waals surface area contributed by atoms with Crippen molar-refractivity contribution in [1.29, 1.82) is 0 Å². The lowest BCUT2D eigenvalue weighted by Gasteiger charge is -2.20. The van der Waals surface area contributed by atoms with Crippen LogP contribution in [0.2, 0.25) is 0 Å². The van der Waals surface area contributed by atoms with E-state index in [2.05, 4.69) is 10.4 Å². The molecule has 0 saturated heterocycles. The van der Waals surface area contributed by atoms with Crippen molar-refractivity contribution in [2.45, 2.75) is 52.5 Å². The molecule has 1 aromatic heterocycles. The number of carbonyl (C=O) groups excluding carboxylic acids is 1. The van der Waals surface area contributed by atoms with Gasteiger partial charge in [-0.05, 0) is 26.7 Å². The van der Waals surface area contributed by atoms with Gasteiger partial charge in [-0.2, -0.15) is 5.10 Å². The lowest BCUT2D eigenvalue weighted by molar-refractivity contribution is -0.120. The van der Waals surface area contributed by atoms with Crippen LogP contribution in [0.3, 0.4) is 0 Å². The van der Waals surface area contributed by atoms with Gasteiger partial charge in [0.05, 0.1) is 29.2 Å². The summed E-state index contributed by atoms with van der Waals surface area (Å²) in [6.07, 6.45) is 4.65. The molecule has 0 bridgehead atoms. The van der Waals surface area contributed by atoms with Crippen LogP contribution in [-0.4, -0.2) is 15.7 Å². The van der Waals surface area contributed by atoms with Gasteiger partial charge in [0.15, 0.2) is 23.3 Å². The highest BCUT2D eigenvalue weighted by Gasteiger charge is 2.27. The van der Waals surface area contributed by atoms with E-state index in [4.69, 9.17) is 0 Å². The molecule has 28 heavy (non-hydrogen) atoms. The topological polar surface area (TPSA) is 46.9 Å². The van der Waals surface area contributed by atoms with Gasteiger partial charge in [-0.15, -0.1) is 0 Å². The molecule has 1 heterocycles. The maximum atomic E-state index is 13.9. The summed E-state index contributed by atoms with van der Waals surface area (Å²) in [7, 11) is 0. The number of anilines is 1. The minimum absolute atomic E-state index is 0.105. The molecule has 1 aliphatic rings. The summed E-state index contributed by atoms with van der Waals surface area (Å²) in [6, 6.07) is 0. The Morgan fingerprint density at radius 2 is 1.50 bits per heavy atom. The number of carbonyl (C=O) groups is 1. The Kier molecular flexibility index (Phi) is 5.71. The number of nitrogens with zero attached hydrogens (tertiary/aromatic N) is 2. The number of aromatic nitrogens is 2. The predicted octanol–water partition coefficient (Wildman–Crippen LogP) is 4.76. The number of aryl methyl sites for hydroxylation is 1. The van der Waals surface area contributed by atoms with Crippen molar-refractivity contribution in [3.63, 3.8) is 0 Å². The third-order valence-corrected chi connectivity index (χ3v) is 5.21. The fourth-order valence-corrected chi connectivity index (χ4v) is 3.56. The zero-order valence-electron chi connectivity index (χ0n) is 15.5. The Labute approximate surface area is 158 Å². The normalized spacial score (nSPS) is 15.1. The van der Waals surface area contributed by atoms with E-state index in [-0.39, 0.29) is 11.8 Å². The summed E-state index contributed by atoms with van der Waals surface area (Å²) < 4.78 is 69.1. The molecule has 1 saturated carbocycles. The van der Waals surface area contributed by atoms with Crippen molar-refractivity contribution in [2.75, 3.05) is 5.32 Å². The van der Waals surface area contributed by atoms with Crippen molar-refractivity contribution in [3.05, 3.63) is 46.0 Å². The molecule has 2 aromatic rings. The Hall–Kier alpha value is -2.45. The number of hydrogen-bond acceptors (Lipinski definition) is 2. The van der Waals surface area contributed by atoms with Crippen LogP contribution >= 0.6 is 0 Å². The highest BCUT2D eigenvalue weighted by Crippen LogP contribution is 2.28. The van der Waals surface area contributed by atoms with Crippen LogP contribution in [0.15, 0.2) is 0 Å². The second kappa shape index (κ2) is 7.89. The van der Waals surface area contributed by atoms with E-state index in [0.29, 0.717) is 17.1 Å². The van der Waals surface area contributed by atoms with E-state index >= 15 is 0 Å². The number of benzene rings is 1. The van der Waals surface area contributed by atoms with Crippen LogP contribution in [-0.2, 0) is 11.3 Å². The van der Waals surface area contributed by atoms with Crippen molar-refractivity contribution in [2.24, 2.45) is 5.92 Å². The zero-order chi connectivity index (χ0) is 20.6. The molecule has 0 radical (unpaired) electrons. The third kappa shape index (κ3) is 3.62. The van der Waals surface area contributed by atoms with E-state index in [1.165, 1.54) is 0 Å². The van der Waals surface area contributed by atoms with Gasteiger partial charge >= 0.3 is 0 Å². The van der Waals surface area contributed by atoms with Gasteiger partial charge in [0.2, 0.25) is 11.7 Å². The van der Waals surface area contributed by atoms with Crippen LogP contribution in [0, 0.1) is 48.9 Å². The van der Waals surface area contributed by atoms with Crippen LogP contribution in [0.25, 0.3) is 0 Å². The van der Waals surface area contributed by atoms with E-state index in [9.17, 15) is 26.7 Å². The molecule has 0 aliphatic heterocycles. The first-order chi connectivity index (χ1) is 13.2. The molecule has 3 rings (SSSR count). The molecule has 152 valence electrons. The van der Waals surface area contributed by atoms with E-state index in [1.54, 1.807) is 13.8 Å². The average Bonchev–Trinajstić information content (AvgIpc) is 2.96. The Morgan fingerprint density at radius 1 is 0.964 bits per heavy atom. The minimum Gasteiger partial charge on any atom is -0.323 e. The second-order valence-corrected chi connectivity index (χ2v) is 7.08. The summed E-state index contributed by atoms with van der Waals surface area (Å²) in [5, 5.41) is 6.90. The maximum Gasteiger partial charge on any atom is 0.227 e. The first kappa shape index (κ1) is 20.3. The summed E-state index contributed by atoms with van der Waals surface area (Å²) >= 11 is 0. The Balaban J connectivity index is 1.88. The second-order valence-electron chi connectivity index (χ2n) is 7.08. The standard InChI is InChI=1S/C19H20F5N3O/c1-9-18(25-19(28)11-6-4-3-5-7-11)10(2)27(26-9)8-12-13(20)15(22)17(24)16(23)14(12)21/h11H,3-8H2,1-2H3,(H,25,28). The molecule has 1 aliphatic carbocycles. The Bertz CT molecular complexity index is 890. The molecular formula is C19H20F5N3O. The van der Waals surface area contributed by atoms with Crippen LogP contribution < -0.4 is 5.32 Å². The van der Waals surface area contributed by atoms with Gasteiger partial charge in [-0.3, -0.25) is 9.48 Å². The molecule has 1 aromatic carbocycles. The monoisotopic (exact) mass is 401 g/mol. The molecule has 4 nitrogen and oxygen atoms in total. The van der Waals surface area contributed by atoms with Crippen molar-refractivity contribution >= 4 is 11.6 Å². The van der Waals surface area contributed by atoms with Gasteiger partial charge in [-0.1, -0.05) is 19.3 Å². The van der Waals surface area contributed by atoms with Gasteiger partial charge in [0.25, 0.3) is 0 Å². The van der Waals surface area contributed by atoms with Crippen molar-refractivity contribution in [3.8, 4) is 0 Å². The van der Waals surface area contributed by atoms with Crippen LogP contribution in [0.1, 0.15) is 49.1 Å². The first-order valence-corrected chi connectivity index (χ1v) is 9.07. The van der Waals surface area contributed by atoms with Gasteiger partial charge in [0.1, 0.15) is 0 Å². The quantitative estimate of drug-likeness (QED) is 0.456. The lowest BCUT2D eigenvalue weighted by Crippen LogP contribution is -2.25. The highest BCUT2D eigenvalue weighted by molar-refractivity contribution is 5.93. The Morgan fingerprint density at radius 3 is 2.07 bits per heavy atom. The maximum absolute atomic E-state index is 13.9. The molecule has 0 atom stereocenters. The number of nitrogens with one attached hydrogen (secondary N) is 1. The molecular weight excluding hydrogens is 381 g/mol. The first-order valence-electron chi connectivity index (χ1n) is 9.07. The highest BCUT2D eigenvalue weighted by atomic mass is 19.2. The van der Waals surface area contributed by atoms with Crippen LogP contribution in [0.4, 0.5) is 27.6 Å². The van der Waals surface area contributed by atoms with E-state index in [1.807, 2.05) is 0 Å². The predicted molar refractivity (Wildman–Crippen MR) is 92.2 cm³/mol. The fourth-order valence-electron chi connectivity index (χ4n) is 3.56. The SMILES string of the molecule is Cc1nn(Cc2c(F)c(F)c(F)c(F)c2F)c(C)c1NC(=O)C1CCCCC1. The van der Waals surface area contributed by atoms with Crippen molar-refractivity contribution in [1.82, 2.24) is 9.78 Å². The molecule has 0 unspecified atom stereocenters. The molecule has 1 amide bonds. The molecule has 1 fully saturated rings. The van der Waals surface area contributed by atoms with Crippen molar-refractivity contribution < 1.29 is 26.7 Å². The number of rotatable bonds is 4. The lowest BCUT2D eigenvalue weighted by atomic mass is 9.88. The average molecular weight is 401 g/mol. The van der Waals surface area contributed by atoms with Gasteiger partial charge in [0, 0.05) is 5.92 Å². The van der Waals surface area contributed by atoms with Gasteiger partial charge in [-0.25, -0.2) is 22.0 Å². The molecule has 9 heteroatoms. The third-order valence-electron chi connectivity index (χ3n) is 5.21. The van der Waals surface area contributed by atoms with Crippen LogP contribution in [0.5, 0.6) is 0 Å². The van der Waals surface area contributed by atoms with E-state index in [0.717, 1.165) is 36.8 Å². The van der Waals surface area contributed by atoms with E-state index < -0.39 is 41.2 Å². The zero-order valence-corrected chi connectivity index (χ0v) is 15.5. The number of halogens is 5. The van der Waals surface area contributed by atoms with Gasteiger partial charge < -0.3 is 5.32 Å². The number of hydrogen-bond donors (Lipinski definition) is 1. The summed E-state index contributed by atoms with van der Waals surface area (Å²) in [5.74, 6) is -10.2. The molecule has 0 spiro atoms. The number of amides is 1. The fraction of sp³-hybridized carbons (Fsp3) is 0.474. The summed E-state index contributed by atoms with van der Waals surface area (Å²) in [6.45, 7) is 2.50.